The summed E-state index contributed by atoms with van der Waals surface area (Å²) in [7, 11) is 0. The molecule has 2 aromatic carbocycles. The van der Waals surface area contributed by atoms with E-state index in [1.54, 1.807) is 12.1 Å². The Balaban J connectivity index is 1.73. The summed E-state index contributed by atoms with van der Waals surface area (Å²) in [6, 6.07) is 7.04. The summed E-state index contributed by atoms with van der Waals surface area (Å²) in [6.45, 7) is 13.8. The van der Waals surface area contributed by atoms with E-state index in [9.17, 15) is 10.2 Å². The van der Waals surface area contributed by atoms with Crippen molar-refractivity contribution >= 4 is 0 Å². The normalized spacial score (nSPS) is 19.1. The van der Waals surface area contributed by atoms with Crippen LogP contribution < -0.4 is 18.9 Å². The zero-order valence-corrected chi connectivity index (χ0v) is 20.6. The Morgan fingerprint density at radius 1 is 0.727 bits per heavy atom. The lowest BCUT2D eigenvalue weighted by Gasteiger charge is -2.51. The molecule has 6 heteroatoms. The second-order valence-corrected chi connectivity index (χ2v) is 10.6. The Bertz CT molecular complexity index is 956. The molecule has 0 radical (unpaired) electrons. The fourth-order valence-electron chi connectivity index (χ4n) is 5.15. The van der Waals surface area contributed by atoms with Crippen molar-refractivity contribution in [3.8, 4) is 34.5 Å². The third kappa shape index (κ3) is 4.28. The number of hydrogen-bond acceptors (Lipinski definition) is 6. The molecular formula is C27H36O6. The van der Waals surface area contributed by atoms with Crippen LogP contribution in [0.25, 0.3) is 0 Å². The average molecular weight is 457 g/mol. The molecule has 2 aromatic rings. The number of aromatic hydroxyl groups is 2. The maximum Gasteiger partial charge on any atom is 0.252 e. The lowest BCUT2D eigenvalue weighted by atomic mass is 9.69. The Labute approximate surface area is 196 Å². The van der Waals surface area contributed by atoms with Gasteiger partial charge in [-0.3, -0.25) is 0 Å². The zero-order chi connectivity index (χ0) is 24.0. The second-order valence-electron chi connectivity index (χ2n) is 10.6. The number of fused-ring (bicyclic) bond motifs is 2. The van der Waals surface area contributed by atoms with Crippen molar-refractivity contribution in [1.29, 1.82) is 0 Å². The minimum atomic E-state index is -0.927. The quantitative estimate of drug-likeness (QED) is 0.539. The first kappa shape index (κ1) is 23.4. The van der Waals surface area contributed by atoms with E-state index < -0.39 is 5.79 Å². The van der Waals surface area contributed by atoms with Gasteiger partial charge in [0.15, 0.2) is 23.0 Å². The maximum absolute atomic E-state index is 10.6. The van der Waals surface area contributed by atoms with Crippen LogP contribution in [0, 0.1) is 0 Å². The van der Waals surface area contributed by atoms with Crippen molar-refractivity contribution in [2.24, 2.45) is 0 Å². The predicted octanol–water partition coefficient (Wildman–Crippen LogP) is 6.19. The first-order chi connectivity index (χ1) is 15.5. The smallest absolute Gasteiger partial charge is 0.252 e. The molecule has 0 saturated heterocycles. The van der Waals surface area contributed by atoms with Crippen molar-refractivity contribution in [3.63, 3.8) is 0 Å². The van der Waals surface area contributed by atoms with Gasteiger partial charge in [-0.1, -0.05) is 41.5 Å². The number of rotatable bonds is 6. The molecule has 0 fully saturated rings. The Morgan fingerprint density at radius 2 is 1.12 bits per heavy atom. The summed E-state index contributed by atoms with van der Waals surface area (Å²) in [4.78, 5) is 0. The monoisotopic (exact) mass is 456 g/mol. The third-order valence-corrected chi connectivity index (χ3v) is 6.52. The molecule has 0 atom stereocenters. The molecule has 4 rings (SSSR count). The molecule has 33 heavy (non-hydrogen) atoms. The van der Waals surface area contributed by atoms with E-state index in [0.717, 1.165) is 24.0 Å². The largest absolute Gasteiger partial charge is 0.504 e. The summed E-state index contributed by atoms with van der Waals surface area (Å²) in [5, 5.41) is 21.1. The highest BCUT2D eigenvalue weighted by atomic mass is 16.7. The molecule has 0 saturated carbocycles. The number of phenolic OH excluding ortho intramolecular Hbond substituents is 2. The lowest BCUT2D eigenvalue weighted by molar-refractivity contribution is -0.166. The Morgan fingerprint density at radius 3 is 1.48 bits per heavy atom. The van der Waals surface area contributed by atoms with Crippen molar-refractivity contribution in [2.75, 3.05) is 13.2 Å². The van der Waals surface area contributed by atoms with Gasteiger partial charge in [-0.25, -0.2) is 0 Å². The van der Waals surface area contributed by atoms with E-state index in [2.05, 4.69) is 27.7 Å². The van der Waals surface area contributed by atoms with Gasteiger partial charge in [0.05, 0.1) is 13.2 Å². The highest BCUT2D eigenvalue weighted by Crippen LogP contribution is 2.56. The van der Waals surface area contributed by atoms with Gasteiger partial charge >= 0.3 is 0 Å². The molecule has 0 amide bonds. The van der Waals surface area contributed by atoms with Crippen LogP contribution in [0.15, 0.2) is 24.3 Å². The van der Waals surface area contributed by atoms with E-state index in [1.807, 2.05) is 26.0 Å². The van der Waals surface area contributed by atoms with Gasteiger partial charge < -0.3 is 29.2 Å². The van der Waals surface area contributed by atoms with E-state index in [4.69, 9.17) is 18.9 Å². The summed E-state index contributed by atoms with van der Waals surface area (Å²) in [5.74, 6) is 1.33. The molecule has 0 aromatic heterocycles. The molecule has 0 bridgehead atoms. The molecular weight excluding hydrogens is 420 g/mol. The minimum absolute atomic E-state index is 0.0564. The lowest BCUT2D eigenvalue weighted by Crippen LogP contribution is -2.55. The number of ether oxygens (including phenoxy) is 4. The van der Waals surface area contributed by atoms with E-state index in [1.165, 1.54) is 0 Å². The predicted molar refractivity (Wildman–Crippen MR) is 127 cm³/mol. The summed E-state index contributed by atoms with van der Waals surface area (Å²) < 4.78 is 24.5. The third-order valence-electron chi connectivity index (χ3n) is 6.52. The number of phenols is 2. The molecule has 2 aliphatic rings. The van der Waals surface area contributed by atoms with Crippen LogP contribution in [0.3, 0.4) is 0 Å². The molecule has 180 valence electrons. The Hall–Kier alpha value is -2.76. The summed E-state index contributed by atoms with van der Waals surface area (Å²) >= 11 is 0. The SMILES string of the molecule is CCCOc1cc2c(cc1O)OC1(CC2(C)C)CC(C)(C)c2cc(OCCC)c(O)cc2O1. The molecule has 2 heterocycles. The Kier molecular flexibility index (Phi) is 5.83. The van der Waals surface area contributed by atoms with Crippen molar-refractivity contribution in [3.05, 3.63) is 35.4 Å². The maximum atomic E-state index is 10.6. The molecule has 2 aliphatic heterocycles. The van der Waals surface area contributed by atoms with Crippen LogP contribution in [-0.4, -0.2) is 29.2 Å². The van der Waals surface area contributed by atoms with Crippen LogP contribution in [0.5, 0.6) is 34.5 Å². The fraction of sp³-hybridized carbons (Fsp3) is 0.556. The summed E-state index contributed by atoms with van der Waals surface area (Å²) in [6.07, 6.45) is 2.95. The van der Waals surface area contributed by atoms with Crippen molar-refractivity contribution in [2.45, 2.75) is 83.8 Å². The molecule has 6 nitrogen and oxygen atoms in total. The number of benzene rings is 2. The van der Waals surface area contributed by atoms with E-state index in [-0.39, 0.29) is 22.3 Å². The van der Waals surface area contributed by atoms with Crippen LogP contribution in [0.1, 0.15) is 78.4 Å². The molecule has 0 unspecified atom stereocenters. The highest BCUT2D eigenvalue weighted by Gasteiger charge is 2.53. The van der Waals surface area contributed by atoms with Crippen molar-refractivity contribution in [1.82, 2.24) is 0 Å². The summed E-state index contributed by atoms with van der Waals surface area (Å²) in [5.41, 5.74) is 1.39. The van der Waals surface area contributed by atoms with Crippen LogP contribution >= 0.6 is 0 Å². The van der Waals surface area contributed by atoms with Crippen LogP contribution in [-0.2, 0) is 10.8 Å². The molecule has 0 aliphatic carbocycles. The van der Waals surface area contributed by atoms with Crippen molar-refractivity contribution < 1.29 is 29.2 Å². The first-order valence-corrected chi connectivity index (χ1v) is 11.9. The fourth-order valence-corrected chi connectivity index (χ4v) is 5.15. The van der Waals surface area contributed by atoms with E-state index >= 15 is 0 Å². The molecule has 2 N–H and O–H groups in total. The second kappa shape index (κ2) is 8.23. The van der Waals surface area contributed by atoms with Gasteiger partial charge in [-0.2, -0.15) is 0 Å². The van der Waals surface area contributed by atoms with Crippen LogP contribution in [0.2, 0.25) is 0 Å². The zero-order valence-electron chi connectivity index (χ0n) is 20.6. The van der Waals surface area contributed by atoms with Gasteiger partial charge in [0.25, 0.3) is 5.79 Å². The van der Waals surface area contributed by atoms with Gasteiger partial charge in [0.2, 0.25) is 0 Å². The highest BCUT2D eigenvalue weighted by molar-refractivity contribution is 5.56. The topological polar surface area (TPSA) is 77.4 Å². The molecule has 1 spiro atoms. The minimum Gasteiger partial charge on any atom is -0.504 e. The van der Waals surface area contributed by atoms with Gasteiger partial charge in [-0.05, 0) is 25.0 Å². The van der Waals surface area contributed by atoms with Gasteiger partial charge in [0.1, 0.15) is 11.5 Å². The standard InChI is InChI=1S/C27H36O6/c1-7-9-30-23-11-17-21(13-19(23)28)32-27(15-25(17,3)4)16-26(5,6)18-12-24(31-10-8-2)20(29)14-22(18)33-27/h11-14,28-29H,7-10,15-16H2,1-6H3. The first-order valence-electron chi connectivity index (χ1n) is 11.9. The van der Waals surface area contributed by atoms with E-state index in [0.29, 0.717) is 49.1 Å². The number of hydrogen-bond donors (Lipinski definition) is 2. The van der Waals surface area contributed by atoms with Gasteiger partial charge in [-0.15, -0.1) is 0 Å². The van der Waals surface area contributed by atoms with Gasteiger partial charge in [0, 0.05) is 46.9 Å². The van der Waals surface area contributed by atoms with Crippen LogP contribution in [0.4, 0.5) is 0 Å². The average Bonchev–Trinajstić information content (AvgIpc) is 2.70.